The van der Waals surface area contributed by atoms with Gasteiger partial charge in [0, 0.05) is 23.7 Å². The molecule has 4 N–H and O–H groups in total. The Balaban J connectivity index is 2.03. The second kappa shape index (κ2) is 7.02. The quantitative estimate of drug-likeness (QED) is 0.330. The van der Waals surface area contributed by atoms with Gasteiger partial charge < -0.3 is 16.3 Å². The van der Waals surface area contributed by atoms with Crippen molar-refractivity contribution in [3.63, 3.8) is 0 Å². The monoisotopic (exact) mass is 290 g/mol. The predicted octanol–water partition coefficient (Wildman–Crippen LogP) is 2.48. The molecule has 20 heavy (non-hydrogen) atoms. The number of hydrogen-bond acceptors (Lipinski definition) is 5. The van der Waals surface area contributed by atoms with Crippen LogP contribution < -0.4 is 11.1 Å². The Bertz CT molecular complexity index is 568. The summed E-state index contributed by atoms with van der Waals surface area (Å²) < 4.78 is 0. The van der Waals surface area contributed by atoms with Crippen molar-refractivity contribution in [2.75, 3.05) is 0 Å². The molecule has 0 amide bonds. The molecule has 1 heterocycles. The zero-order chi connectivity index (χ0) is 14.4. The number of benzene rings is 1. The zero-order valence-electron chi connectivity index (χ0n) is 11.3. The highest BCUT2D eigenvalue weighted by Gasteiger charge is 2.11. The van der Waals surface area contributed by atoms with E-state index in [9.17, 15) is 0 Å². The lowest BCUT2D eigenvalue weighted by molar-refractivity contribution is 0.318. The molecule has 106 valence electrons. The van der Waals surface area contributed by atoms with Crippen LogP contribution in [0.3, 0.4) is 0 Å². The van der Waals surface area contributed by atoms with E-state index in [0.29, 0.717) is 12.1 Å². The lowest BCUT2D eigenvalue weighted by Crippen LogP contribution is -2.20. The Morgan fingerprint density at radius 2 is 2.40 bits per heavy atom. The number of hydrogen-bond donors (Lipinski definition) is 3. The summed E-state index contributed by atoms with van der Waals surface area (Å²) in [5.74, 6) is 0.124. The standard InChI is InChI=1S/C14H18N4OS/c1-2-12(14-16-6-7-20-14)17-9-10-4-3-5-11(8-10)13(15)18-19/h3-8,12,17,19H,2,9H2,1H3,(H2,15,18). The van der Waals surface area contributed by atoms with Crippen molar-refractivity contribution in [3.05, 3.63) is 52.0 Å². The van der Waals surface area contributed by atoms with Gasteiger partial charge in [0.05, 0.1) is 6.04 Å². The van der Waals surface area contributed by atoms with E-state index in [1.165, 1.54) is 0 Å². The van der Waals surface area contributed by atoms with Gasteiger partial charge in [-0.3, -0.25) is 0 Å². The maximum atomic E-state index is 8.70. The van der Waals surface area contributed by atoms with Crippen LogP contribution in [0.5, 0.6) is 0 Å². The van der Waals surface area contributed by atoms with E-state index in [1.54, 1.807) is 11.3 Å². The average molecular weight is 290 g/mol. The van der Waals surface area contributed by atoms with E-state index in [2.05, 4.69) is 22.4 Å². The van der Waals surface area contributed by atoms with Crippen LogP contribution >= 0.6 is 11.3 Å². The van der Waals surface area contributed by atoms with E-state index in [4.69, 9.17) is 10.9 Å². The summed E-state index contributed by atoms with van der Waals surface area (Å²) in [7, 11) is 0. The number of rotatable bonds is 6. The van der Waals surface area contributed by atoms with E-state index < -0.39 is 0 Å². The van der Waals surface area contributed by atoms with Crippen LogP contribution in [-0.2, 0) is 6.54 Å². The summed E-state index contributed by atoms with van der Waals surface area (Å²) in [6.45, 7) is 2.84. The van der Waals surface area contributed by atoms with Gasteiger partial charge in [-0.25, -0.2) is 4.98 Å². The number of thiazole rings is 1. The molecule has 0 spiro atoms. The summed E-state index contributed by atoms with van der Waals surface area (Å²) in [6.07, 6.45) is 2.80. The molecule has 1 aromatic carbocycles. The third-order valence-corrected chi connectivity index (χ3v) is 3.93. The van der Waals surface area contributed by atoms with E-state index >= 15 is 0 Å². The molecule has 0 aliphatic rings. The summed E-state index contributed by atoms with van der Waals surface area (Å²) in [5.41, 5.74) is 7.40. The summed E-state index contributed by atoms with van der Waals surface area (Å²) >= 11 is 1.66. The molecule has 0 fully saturated rings. The minimum atomic E-state index is 0.124. The zero-order valence-corrected chi connectivity index (χ0v) is 12.1. The average Bonchev–Trinajstić information content (AvgIpc) is 3.01. The molecule has 1 atom stereocenters. The number of oxime groups is 1. The van der Waals surface area contributed by atoms with Crippen LogP contribution in [-0.4, -0.2) is 16.0 Å². The third kappa shape index (κ3) is 3.55. The Kier molecular flexibility index (Phi) is 5.09. The third-order valence-electron chi connectivity index (χ3n) is 3.04. The van der Waals surface area contributed by atoms with Crippen LogP contribution in [0.2, 0.25) is 0 Å². The lowest BCUT2D eigenvalue weighted by atomic mass is 10.1. The van der Waals surface area contributed by atoms with Gasteiger partial charge in [-0.1, -0.05) is 30.3 Å². The molecule has 2 rings (SSSR count). The van der Waals surface area contributed by atoms with Gasteiger partial charge in [0.25, 0.3) is 0 Å². The molecule has 6 heteroatoms. The van der Waals surface area contributed by atoms with Gasteiger partial charge in [-0.15, -0.1) is 11.3 Å². The van der Waals surface area contributed by atoms with Crippen molar-refractivity contribution in [1.29, 1.82) is 0 Å². The minimum Gasteiger partial charge on any atom is -0.409 e. The molecular weight excluding hydrogens is 272 g/mol. The van der Waals surface area contributed by atoms with Crippen molar-refractivity contribution >= 4 is 17.2 Å². The molecule has 2 aromatic rings. The van der Waals surface area contributed by atoms with Gasteiger partial charge in [0.1, 0.15) is 5.01 Å². The highest BCUT2D eigenvalue weighted by Crippen LogP contribution is 2.19. The van der Waals surface area contributed by atoms with Crippen LogP contribution in [0.4, 0.5) is 0 Å². The van der Waals surface area contributed by atoms with Crippen LogP contribution in [0.15, 0.2) is 41.0 Å². The first-order chi connectivity index (χ1) is 9.74. The summed E-state index contributed by atoms with van der Waals surface area (Å²) in [6, 6.07) is 7.89. The second-order valence-electron chi connectivity index (χ2n) is 4.40. The van der Waals surface area contributed by atoms with Crippen LogP contribution in [0, 0.1) is 0 Å². The maximum Gasteiger partial charge on any atom is 0.170 e. The minimum absolute atomic E-state index is 0.124. The second-order valence-corrected chi connectivity index (χ2v) is 5.32. The van der Waals surface area contributed by atoms with Crippen molar-refractivity contribution in [1.82, 2.24) is 10.3 Å². The molecule has 5 nitrogen and oxygen atoms in total. The van der Waals surface area contributed by atoms with Crippen molar-refractivity contribution in [2.24, 2.45) is 10.9 Å². The molecule has 1 aromatic heterocycles. The highest BCUT2D eigenvalue weighted by atomic mass is 32.1. The number of nitrogens with one attached hydrogen (secondary N) is 1. The fraction of sp³-hybridized carbons (Fsp3) is 0.286. The van der Waals surface area contributed by atoms with Gasteiger partial charge >= 0.3 is 0 Å². The topological polar surface area (TPSA) is 83.5 Å². The van der Waals surface area contributed by atoms with E-state index in [1.807, 2.05) is 35.8 Å². The molecule has 0 saturated carbocycles. The number of nitrogens with two attached hydrogens (primary N) is 1. The molecule has 1 unspecified atom stereocenters. The van der Waals surface area contributed by atoms with Gasteiger partial charge in [0.15, 0.2) is 5.84 Å². The van der Waals surface area contributed by atoms with Gasteiger partial charge in [-0.05, 0) is 18.1 Å². The molecule has 0 aliphatic carbocycles. The fourth-order valence-corrected chi connectivity index (χ4v) is 2.75. The Labute approximate surface area is 122 Å². The maximum absolute atomic E-state index is 8.70. The van der Waals surface area contributed by atoms with Gasteiger partial charge in [-0.2, -0.15) is 0 Å². The largest absolute Gasteiger partial charge is 0.409 e. The Hall–Kier alpha value is -1.92. The molecular formula is C14H18N4OS. The van der Waals surface area contributed by atoms with Crippen LogP contribution in [0.1, 0.15) is 35.5 Å². The smallest absolute Gasteiger partial charge is 0.170 e. The van der Waals surface area contributed by atoms with E-state index in [0.717, 1.165) is 17.0 Å². The normalized spacial score (nSPS) is 13.3. The first-order valence-corrected chi connectivity index (χ1v) is 7.32. The van der Waals surface area contributed by atoms with Gasteiger partial charge in [0.2, 0.25) is 0 Å². The lowest BCUT2D eigenvalue weighted by Gasteiger charge is -2.14. The predicted molar refractivity (Wildman–Crippen MR) is 80.9 cm³/mol. The molecule has 0 saturated heterocycles. The van der Waals surface area contributed by atoms with Crippen LogP contribution in [0.25, 0.3) is 0 Å². The number of nitrogens with zero attached hydrogens (tertiary/aromatic N) is 2. The Morgan fingerprint density at radius 3 is 3.05 bits per heavy atom. The molecule has 0 radical (unpaired) electrons. The molecule has 0 aliphatic heterocycles. The fourth-order valence-electron chi connectivity index (χ4n) is 1.95. The molecule has 0 bridgehead atoms. The first-order valence-electron chi connectivity index (χ1n) is 6.44. The number of amidine groups is 1. The van der Waals surface area contributed by atoms with Crippen molar-refractivity contribution < 1.29 is 5.21 Å². The Morgan fingerprint density at radius 1 is 1.55 bits per heavy atom. The van der Waals surface area contributed by atoms with Crippen molar-refractivity contribution in [3.8, 4) is 0 Å². The highest BCUT2D eigenvalue weighted by molar-refractivity contribution is 7.09. The number of aromatic nitrogens is 1. The van der Waals surface area contributed by atoms with E-state index in [-0.39, 0.29) is 11.9 Å². The van der Waals surface area contributed by atoms with Crippen molar-refractivity contribution in [2.45, 2.75) is 25.9 Å². The first kappa shape index (κ1) is 14.5. The summed E-state index contributed by atoms with van der Waals surface area (Å²) in [4.78, 5) is 4.34. The summed E-state index contributed by atoms with van der Waals surface area (Å²) in [5, 5.41) is 18.3. The SMILES string of the molecule is CCC(NCc1cccc(C(N)=NO)c1)c1nccs1.